The molecule has 2 aliphatic heterocycles. The smallest absolute Gasteiger partial charge is 0.371 e. The summed E-state index contributed by atoms with van der Waals surface area (Å²) < 4.78 is 39.6. The highest BCUT2D eigenvalue weighted by molar-refractivity contribution is 5.75. The SMILES string of the molecule is CC(C)(C)C(=O)ON1CCN(Cc2ccc(C(F)(F)F)cc2N2CCCC2)CC1. The van der Waals surface area contributed by atoms with Gasteiger partial charge < -0.3 is 9.74 Å². The summed E-state index contributed by atoms with van der Waals surface area (Å²) in [5, 5.41) is 1.68. The van der Waals surface area contributed by atoms with Crippen molar-refractivity contribution in [1.29, 1.82) is 0 Å². The van der Waals surface area contributed by atoms with Gasteiger partial charge in [-0.05, 0) is 51.3 Å². The normalized spacial score (nSPS) is 19.6. The molecule has 1 aromatic carbocycles. The molecule has 0 amide bonds. The van der Waals surface area contributed by atoms with Crippen LogP contribution in [0.4, 0.5) is 18.9 Å². The average molecular weight is 413 g/mol. The molecular weight excluding hydrogens is 383 g/mol. The lowest BCUT2D eigenvalue weighted by Gasteiger charge is -2.35. The zero-order valence-corrected chi connectivity index (χ0v) is 17.4. The first-order valence-corrected chi connectivity index (χ1v) is 10.2. The molecule has 29 heavy (non-hydrogen) atoms. The van der Waals surface area contributed by atoms with Crippen LogP contribution in [0.2, 0.25) is 0 Å². The molecule has 0 bridgehead atoms. The van der Waals surface area contributed by atoms with Gasteiger partial charge in [-0.25, -0.2) is 4.79 Å². The lowest BCUT2D eigenvalue weighted by molar-refractivity contribution is -0.207. The van der Waals surface area contributed by atoms with E-state index in [1.807, 2.05) is 20.8 Å². The molecule has 8 heteroatoms. The molecule has 0 radical (unpaired) electrons. The van der Waals surface area contributed by atoms with Crippen molar-refractivity contribution in [3.63, 3.8) is 0 Å². The van der Waals surface area contributed by atoms with Crippen LogP contribution < -0.4 is 4.90 Å². The Balaban J connectivity index is 1.65. The third-order valence-electron chi connectivity index (χ3n) is 5.41. The topological polar surface area (TPSA) is 36.0 Å². The van der Waals surface area contributed by atoms with Crippen molar-refractivity contribution >= 4 is 11.7 Å². The Labute approximate surface area is 170 Å². The maximum Gasteiger partial charge on any atom is 0.416 e. The fourth-order valence-electron chi connectivity index (χ4n) is 3.60. The lowest BCUT2D eigenvalue weighted by atomic mass is 9.98. The van der Waals surface area contributed by atoms with Crippen LogP contribution in [-0.2, 0) is 22.4 Å². The number of benzene rings is 1. The molecule has 0 saturated carbocycles. The molecule has 0 atom stereocenters. The number of anilines is 1. The molecule has 0 aliphatic carbocycles. The Morgan fingerprint density at radius 3 is 2.17 bits per heavy atom. The van der Waals surface area contributed by atoms with Crippen molar-refractivity contribution in [3.05, 3.63) is 29.3 Å². The molecule has 2 heterocycles. The van der Waals surface area contributed by atoms with E-state index in [2.05, 4.69) is 9.80 Å². The fraction of sp³-hybridized carbons (Fsp3) is 0.667. The number of carbonyl (C=O) groups is 1. The monoisotopic (exact) mass is 413 g/mol. The summed E-state index contributed by atoms with van der Waals surface area (Å²) >= 11 is 0. The van der Waals surface area contributed by atoms with Crippen LogP contribution >= 0.6 is 0 Å². The third-order valence-corrected chi connectivity index (χ3v) is 5.41. The minimum Gasteiger partial charge on any atom is -0.371 e. The predicted molar refractivity (Wildman–Crippen MR) is 105 cm³/mol. The van der Waals surface area contributed by atoms with E-state index in [1.54, 1.807) is 11.1 Å². The minimum absolute atomic E-state index is 0.259. The summed E-state index contributed by atoms with van der Waals surface area (Å²) in [5.41, 5.74) is 0.461. The van der Waals surface area contributed by atoms with E-state index in [4.69, 9.17) is 4.84 Å². The number of carbonyl (C=O) groups excluding carboxylic acids is 1. The average Bonchev–Trinajstić information content (AvgIpc) is 3.16. The van der Waals surface area contributed by atoms with Gasteiger partial charge in [0, 0.05) is 51.5 Å². The summed E-state index contributed by atoms with van der Waals surface area (Å²) in [6.45, 7) is 10.2. The Bertz CT molecular complexity index is 717. The van der Waals surface area contributed by atoms with Gasteiger partial charge in [0.2, 0.25) is 0 Å². The van der Waals surface area contributed by atoms with Gasteiger partial charge in [0.05, 0.1) is 11.0 Å². The third kappa shape index (κ3) is 5.63. The minimum atomic E-state index is -4.34. The highest BCUT2D eigenvalue weighted by Crippen LogP contribution is 2.35. The van der Waals surface area contributed by atoms with Crippen molar-refractivity contribution in [2.75, 3.05) is 44.2 Å². The number of nitrogens with zero attached hydrogens (tertiary/aromatic N) is 3. The molecule has 0 aromatic heterocycles. The second-order valence-electron chi connectivity index (χ2n) is 8.87. The van der Waals surface area contributed by atoms with Gasteiger partial charge in [-0.15, -0.1) is 5.06 Å². The largest absolute Gasteiger partial charge is 0.416 e. The first-order valence-electron chi connectivity index (χ1n) is 10.2. The second kappa shape index (κ2) is 8.52. The van der Waals surface area contributed by atoms with Gasteiger partial charge in [0.25, 0.3) is 0 Å². The van der Waals surface area contributed by atoms with Gasteiger partial charge in [0.15, 0.2) is 0 Å². The van der Waals surface area contributed by atoms with Crippen LogP contribution in [0.15, 0.2) is 18.2 Å². The molecule has 1 aromatic rings. The van der Waals surface area contributed by atoms with Gasteiger partial charge >= 0.3 is 12.1 Å². The van der Waals surface area contributed by atoms with E-state index in [0.717, 1.165) is 31.5 Å². The Kier molecular flexibility index (Phi) is 6.43. The number of hydrogen-bond donors (Lipinski definition) is 0. The van der Waals surface area contributed by atoms with E-state index in [0.29, 0.717) is 38.4 Å². The van der Waals surface area contributed by atoms with Crippen molar-refractivity contribution in [3.8, 4) is 0 Å². The van der Waals surface area contributed by atoms with Crippen molar-refractivity contribution < 1.29 is 22.8 Å². The molecule has 162 valence electrons. The van der Waals surface area contributed by atoms with Crippen LogP contribution in [0.25, 0.3) is 0 Å². The van der Waals surface area contributed by atoms with Crippen LogP contribution in [-0.4, -0.2) is 55.2 Å². The first-order chi connectivity index (χ1) is 13.5. The first kappa shape index (κ1) is 21.9. The standard InChI is InChI=1S/C21H30F3N3O2/c1-20(2,3)19(28)29-27-12-10-25(11-13-27)15-16-6-7-17(21(22,23)24)14-18(16)26-8-4-5-9-26/h6-7,14H,4-5,8-13,15H2,1-3H3. The molecule has 2 fully saturated rings. The molecule has 0 N–H and O–H groups in total. The van der Waals surface area contributed by atoms with Gasteiger partial charge in [-0.1, -0.05) is 6.07 Å². The Hall–Kier alpha value is -1.80. The molecule has 3 rings (SSSR count). The van der Waals surface area contributed by atoms with E-state index >= 15 is 0 Å². The predicted octanol–water partition coefficient (Wildman–Crippen LogP) is 3.93. The molecule has 5 nitrogen and oxygen atoms in total. The number of hydroxylamine groups is 2. The van der Waals surface area contributed by atoms with E-state index in [-0.39, 0.29) is 5.97 Å². The van der Waals surface area contributed by atoms with Crippen molar-refractivity contribution in [1.82, 2.24) is 9.96 Å². The summed E-state index contributed by atoms with van der Waals surface area (Å²) in [4.78, 5) is 21.7. The number of hydrogen-bond acceptors (Lipinski definition) is 5. The maximum atomic E-state index is 13.2. The maximum absolute atomic E-state index is 13.2. The highest BCUT2D eigenvalue weighted by Gasteiger charge is 2.32. The molecular formula is C21H30F3N3O2. The Morgan fingerprint density at radius 1 is 1.00 bits per heavy atom. The van der Waals surface area contributed by atoms with Gasteiger partial charge in [-0.2, -0.15) is 13.2 Å². The van der Waals surface area contributed by atoms with E-state index < -0.39 is 17.2 Å². The molecule has 2 aliphatic rings. The van der Waals surface area contributed by atoms with Crippen LogP contribution in [0.3, 0.4) is 0 Å². The van der Waals surface area contributed by atoms with Crippen molar-refractivity contribution in [2.45, 2.75) is 46.3 Å². The number of rotatable bonds is 4. The zero-order valence-electron chi connectivity index (χ0n) is 17.4. The second-order valence-corrected chi connectivity index (χ2v) is 8.87. The number of halogens is 3. The summed E-state index contributed by atoms with van der Waals surface area (Å²) in [7, 11) is 0. The number of alkyl halides is 3. The molecule has 0 unspecified atom stereocenters. The fourth-order valence-corrected chi connectivity index (χ4v) is 3.60. The van der Waals surface area contributed by atoms with E-state index in [1.165, 1.54) is 12.1 Å². The summed E-state index contributed by atoms with van der Waals surface area (Å²) in [5.74, 6) is -0.259. The van der Waals surface area contributed by atoms with Gasteiger partial charge in [-0.3, -0.25) is 4.90 Å². The van der Waals surface area contributed by atoms with E-state index in [9.17, 15) is 18.0 Å². The van der Waals surface area contributed by atoms with Crippen molar-refractivity contribution in [2.24, 2.45) is 5.41 Å². The van der Waals surface area contributed by atoms with Crippen LogP contribution in [0, 0.1) is 5.41 Å². The van der Waals surface area contributed by atoms with Gasteiger partial charge in [0.1, 0.15) is 0 Å². The van der Waals surface area contributed by atoms with Crippen LogP contribution in [0.1, 0.15) is 44.7 Å². The summed E-state index contributed by atoms with van der Waals surface area (Å²) in [6.07, 6.45) is -2.32. The zero-order chi connectivity index (χ0) is 21.2. The van der Waals surface area contributed by atoms with Crippen LogP contribution in [0.5, 0.6) is 0 Å². The Morgan fingerprint density at radius 2 is 1.62 bits per heavy atom. The summed E-state index contributed by atoms with van der Waals surface area (Å²) in [6, 6.07) is 4.08. The quantitative estimate of drug-likeness (QED) is 0.748. The lowest BCUT2D eigenvalue weighted by Crippen LogP contribution is -2.47. The molecule has 2 saturated heterocycles. The highest BCUT2D eigenvalue weighted by atomic mass is 19.4. The molecule has 0 spiro atoms. The number of piperazine rings is 1.